The lowest BCUT2D eigenvalue weighted by atomic mass is 9.77. The molecule has 6 nitrogen and oxygen atoms in total. The van der Waals surface area contributed by atoms with Crippen LogP contribution in [-0.4, -0.2) is 35.3 Å². The van der Waals surface area contributed by atoms with Crippen LogP contribution in [0.25, 0.3) is 27.8 Å². The smallest absolute Gasteiger partial charge is 0.158 e. The normalized spacial score (nSPS) is 19.3. The maximum Gasteiger partial charge on any atom is 0.158 e. The van der Waals surface area contributed by atoms with Gasteiger partial charge < -0.3 is 10.1 Å². The van der Waals surface area contributed by atoms with Gasteiger partial charge in [0.1, 0.15) is 6.33 Å². The first kappa shape index (κ1) is 23.9. The van der Waals surface area contributed by atoms with Crippen molar-refractivity contribution in [3.05, 3.63) is 47.4 Å². The van der Waals surface area contributed by atoms with Gasteiger partial charge in [0.05, 0.1) is 28.7 Å². The van der Waals surface area contributed by atoms with Crippen molar-refractivity contribution in [2.75, 3.05) is 0 Å². The van der Waals surface area contributed by atoms with Crippen molar-refractivity contribution in [2.45, 2.75) is 90.6 Å². The summed E-state index contributed by atoms with van der Waals surface area (Å²) in [6.07, 6.45) is 11.2. The number of H-pyrrole nitrogens is 1. The van der Waals surface area contributed by atoms with Gasteiger partial charge in [-0.05, 0) is 88.3 Å². The first-order chi connectivity index (χ1) is 16.6. The molecule has 0 saturated heterocycles. The second-order valence-electron chi connectivity index (χ2n) is 11.3. The van der Waals surface area contributed by atoms with Crippen LogP contribution in [0.15, 0.2) is 24.8 Å². The lowest BCUT2D eigenvalue weighted by Crippen LogP contribution is -2.22. The van der Waals surface area contributed by atoms with Crippen molar-refractivity contribution < 1.29 is 9.50 Å². The number of halogens is 1. The van der Waals surface area contributed by atoms with Gasteiger partial charge in [0.15, 0.2) is 11.5 Å². The molecule has 0 bridgehead atoms. The number of nitrogens with one attached hydrogen (secondary N) is 1. The molecule has 0 radical (unpaired) electrons. The molecule has 4 aromatic heterocycles. The van der Waals surface area contributed by atoms with Crippen LogP contribution in [0.4, 0.5) is 4.39 Å². The molecule has 0 unspecified atom stereocenters. The van der Waals surface area contributed by atoms with Crippen LogP contribution < -0.4 is 0 Å². The first-order valence-electron chi connectivity index (χ1n) is 12.8. The Morgan fingerprint density at radius 2 is 1.94 bits per heavy atom. The van der Waals surface area contributed by atoms with E-state index in [4.69, 9.17) is 0 Å². The minimum atomic E-state index is -0.619. The van der Waals surface area contributed by atoms with E-state index in [0.717, 1.165) is 72.1 Å². The van der Waals surface area contributed by atoms with Crippen molar-refractivity contribution in [3.8, 4) is 11.3 Å². The number of hydrogen-bond acceptors (Lipinski definition) is 4. The summed E-state index contributed by atoms with van der Waals surface area (Å²) in [4.78, 5) is 12.4. The molecule has 5 rings (SSSR count). The molecule has 1 fully saturated rings. The maximum atomic E-state index is 16.1. The molecule has 35 heavy (non-hydrogen) atoms. The molecule has 7 heteroatoms. The van der Waals surface area contributed by atoms with Gasteiger partial charge in [-0.1, -0.05) is 13.8 Å². The van der Waals surface area contributed by atoms with Crippen molar-refractivity contribution in [3.63, 3.8) is 0 Å². The van der Waals surface area contributed by atoms with E-state index in [2.05, 4.69) is 40.0 Å². The van der Waals surface area contributed by atoms with Crippen LogP contribution in [0.1, 0.15) is 94.9 Å². The zero-order valence-electron chi connectivity index (χ0n) is 21.4. The fourth-order valence-corrected chi connectivity index (χ4v) is 5.79. The summed E-state index contributed by atoms with van der Waals surface area (Å²) in [6, 6.07) is 2.09. The molecule has 186 valence electrons. The van der Waals surface area contributed by atoms with Gasteiger partial charge in [0.2, 0.25) is 0 Å². The van der Waals surface area contributed by atoms with Crippen molar-refractivity contribution in [2.24, 2.45) is 5.92 Å². The Balaban J connectivity index is 1.49. The van der Waals surface area contributed by atoms with E-state index in [-0.39, 0.29) is 17.7 Å². The van der Waals surface area contributed by atoms with Crippen LogP contribution in [0.2, 0.25) is 0 Å². The second kappa shape index (κ2) is 9.01. The Morgan fingerprint density at radius 1 is 1.20 bits per heavy atom. The third-order valence-corrected chi connectivity index (χ3v) is 7.67. The van der Waals surface area contributed by atoms with E-state index in [0.29, 0.717) is 17.0 Å². The molecule has 1 aliphatic carbocycles. The van der Waals surface area contributed by atoms with E-state index in [1.807, 2.05) is 33.2 Å². The highest BCUT2D eigenvalue weighted by Crippen LogP contribution is 2.42. The van der Waals surface area contributed by atoms with E-state index in [1.54, 1.807) is 10.8 Å². The number of pyridine rings is 2. The molecule has 1 saturated carbocycles. The average molecular weight is 478 g/mol. The van der Waals surface area contributed by atoms with Gasteiger partial charge in [0, 0.05) is 23.1 Å². The molecule has 0 aliphatic heterocycles. The number of aryl methyl sites for hydroxylation is 1. The third-order valence-electron chi connectivity index (χ3n) is 7.67. The molecule has 0 amide bonds. The van der Waals surface area contributed by atoms with Gasteiger partial charge in [-0.3, -0.25) is 4.98 Å². The van der Waals surface area contributed by atoms with Crippen LogP contribution in [0, 0.1) is 18.7 Å². The number of hydrogen-bond donors (Lipinski definition) is 2. The average Bonchev–Trinajstić information content (AvgIpc) is 3.43. The van der Waals surface area contributed by atoms with Crippen LogP contribution in [0.5, 0.6) is 0 Å². The van der Waals surface area contributed by atoms with Gasteiger partial charge in [-0.2, -0.15) is 5.10 Å². The summed E-state index contributed by atoms with van der Waals surface area (Å²) in [5, 5.41) is 15.0. The number of rotatable bonds is 6. The minimum absolute atomic E-state index is 0.132. The zero-order chi connectivity index (χ0) is 24.9. The van der Waals surface area contributed by atoms with Crippen molar-refractivity contribution in [1.29, 1.82) is 0 Å². The topological polar surface area (TPSA) is 79.1 Å². The molecule has 4 heterocycles. The predicted octanol–water partition coefficient (Wildman–Crippen LogP) is 6.67. The number of aromatic nitrogens is 5. The van der Waals surface area contributed by atoms with Crippen LogP contribution in [0.3, 0.4) is 0 Å². The first-order valence-corrected chi connectivity index (χ1v) is 12.8. The molecule has 1 aliphatic rings. The number of fused-ring (bicyclic) bond motifs is 2. The van der Waals surface area contributed by atoms with Gasteiger partial charge in [0.25, 0.3) is 0 Å². The lowest BCUT2D eigenvalue weighted by molar-refractivity contribution is 0.0607. The molecular formula is C28H36FN5O. The van der Waals surface area contributed by atoms with Gasteiger partial charge in [-0.15, -0.1) is 0 Å². The molecule has 0 atom stereocenters. The molecule has 0 aromatic carbocycles. The summed E-state index contributed by atoms with van der Waals surface area (Å²) >= 11 is 0. The van der Waals surface area contributed by atoms with Crippen molar-refractivity contribution in [1.82, 2.24) is 24.6 Å². The lowest BCUT2D eigenvalue weighted by Gasteiger charge is -2.30. The summed E-state index contributed by atoms with van der Waals surface area (Å²) < 4.78 is 17.9. The Labute approximate surface area is 206 Å². The number of nitrogens with zero attached hydrogens (tertiary/aromatic N) is 4. The summed E-state index contributed by atoms with van der Waals surface area (Å²) in [6.45, 7) is 9.98. The predicted molar refractivity (Wildman–Crippen MR) is 137 cm³/mol. The Hall–Kier alpha value is -2.80. The fraction of sp³-hybridized carbons (Fsp3) is 0.536. The van der Waals surface area contributed by atoms with E-state index >= 15 is 4.39 Å². The maximum absolute atomic E-state index is 16.1. The Morgan fingerprint density at radius 3 is 2.63 bits per heavy atom. The quantitative estimate of drug-likeness (QED) is 0.325. The summed E-state index contributed by atoms with van der Waals surface area (Å²) in [5.41, 5.74) is 5.44. The van der Waals surface area contributed by atoms with Crippen molar-refractivity contribution >= 4 is 16.6 Å². The summed E-state index contributed by atoms with van der Waals surface area (Å²) in [5.74, 6) is 0.703. The second-order valence-corrected chi connectivity index (χ2v) is 11.3. The third kappa shape index (κ3) is 4.58. The molecule has 0 spiro atoms. The van der Waals surface area contributed by atoms with Crippen LogP contribution >= 0.6 is 0 Å². The highest BCUT2D eigenvalue weighted by molar-refractivity contribution is 5.92. The Kier molecular flexibility index (Phi) is 6.16. The molecular weight excluding hydrogens is 441 g/mol. The number of aromatic amines is 1. The fourth-order valence-electron chi connectivity index (χ4n) is 5.79. The monoisotopic (exact) mass is 477 g/mol. The molecule has 4 aromatic rings. The zero-order valence-corrected chi connectivity index (χ0v) is 21.4. The highest BCUT2D eigenvalue weighted by atomic mass is 19.1. The standard InChI is InChI=1S/C28H36FN5O/c1-16(2)22-23-21(33-25(22)20-12-17(3)27-31-15-32-34(27)14-20)13-30-26(24(23)29)19-8-6-18(7-9-19)10-11-28(4,5)35/h12-16,18-19,33,35H,6-11H2,1-5H3. The SMILES string of the molecule is Cc1cc(-c2[nH]c3cnc(C4CCC(CCC(C)(C)O)CC4)c(F)c3c2C(C)C)cn2ncnc12. The van der Waals surface area contributed by atoms with E-state index in [9.17, 15) is 5.11 Å². The Bertz CT molecular complexity index is 1360. The van der Waals surface area contributed by atoms with Crippen LogP contribution in [-0.2, 0) is 0 Å². The highest BCUT2D eigenvalue weighted by Gasteiger charge is 2.29. The van der Waals surface area contributed by atoms with Gasteiger partial charge in [-0.25, -0.2) is 13.9 Å². The molecule has 2 N–H and O–H groups in total. The largest absolute Gasteiger partial charge is 0.390 e. The van der Waals surface area contributed by atoms with E-state index in [1.165, 1.54) is 0 Å². The van der Waals surface area contributed by atoms with E-state index < -0.39 is 5.60 Å². The minimum Gasteiger partial charge on any atom is -0.390 e. The van der Waals surface area contributed by atoms with Gasteiger partial charge >= 0.3 is 0 Å². The number of aliphatic hydroxyl groups is 1. The summed E-state index contributed by atoms with van der Waals surface area (Å²) in [7, 11) is 0.